The maximum atomic E-state index is 4.35. The van der Waals surface area contributed by atoms with Crippen molar-refractivity contribution in [3.8, 4) is 0 Å². The average molecular weight is 485 g/mol. The number of imidazole rings is 1. The number of aromatic nitrogens is 2. The average Bonchev–Trinajstić information content (AvgIpc) is 3.62. The number of benzene rings is 4. The second-order valence-electron chi connectivity index (χ2n) is 9.75. The van der Waals surface area contributed by atoms with Crippen LogP contribution in [0.25, 0.3) is 0 Å². The zero-order valence-electron chi connectivity index (χ0n) is 20.9. The largest absolute Gasteiger partial charge is 0.327 e. The second kappa shape index (κ2) is 11.4. The monoisotopic (exact) mass is 484 g/mol. The number of nitrogens with zero attached hydrogens (tertiary/aromatic N) is 2. The van der Waals surface area contributed by atoms with Gasteiger partial charge < -0.3 is 4.57 Å². The molecular weight excluding hydrogens is 451 g/mol. The Morgan fingerprint density at radius 2 is 1.14 bits per heavy atom. The van der Waals surface area contributed by atoms with Gasteiger partial charge in [-0.2, -0.15) is 0 Å². The third kappa shape index (κ3) is 5.44. The van der Waals surface area contributed by atoms with E-state index in [2.05, 4.69) is 145 Å². The van der Waals surface area contributed by atoms with Gasteiger partial charge in [0.25, 0.3) is 0 Å². The summed E-state index contributed by atoms with van der Waals surface area (Å²) in [6, 6.07) is 43.2. The van der Waals surface area contributed by atoms with Crippen LogP contribution in [0.2, 0.25) is 5.54 Å². The highest BCUT2D eigenvalue weighted by molar-refractivity contribution is 6.44. The molecule has 6 rings (SSSR count). The molecule has 1 aromatic heterocycles. The summed E-state index contributed by atoms with van der Waals surface area (Å²) in [5.41, 5.74) is 6.50. The molecule has 1 aliphatic carbocycles. The summed E-state index contributed by atoms with van der Waals surface area (Å²) < 4.78 is 2.35. The predicted octanol–water partition coefficient (Wildman–Crippen LogP) is 5.79. The molecule has 1 fully saturated rings. The zero-order chi connectivity index (χ0) is 24.6. The lowest BCUT2D eigenvalue weighted by Gasteiger charge is -2.37. The Kier molecular flexibility index (Phi) is 7.63. The Labute approximate surface area is 218 Å². The first kappa shape index (κ1) is 24.1. The smallest absolute Gasteiger partial charge is 0.116 e. The van der Waals surface area contributed by atoms with Crippen LogP contribution in [0.3, 0.4) is 0 Å². The van der Waals surface area contributed by atoms with E-state index in [0.717, 1.165) is 5.54 Å². The number of hydrogen-bond acceptors (Lipinski definition) is 1. The normalized spacial score (nSPS) is 13.5. The molecule has 5 aromatic rings. The predicted molar refractivity (Wildman–Crippen MR) is 156 cm³/mol. The summed E-state index contributed by atoms with van der Waals surface area (Å²) >= 11 is 0. The summed E-state index contributed by atoms with van der Waals surface area (Å²) in [7, 11) is 1.86. The second-order valence-corrected chi connectivity index (χ2v) is 12.3. The van der Waals surface area contributed by atoms with E-state index in [9.17, 15) is 0 Å². The van der Waals surface area contributed by atoms with Crippen molar-refractivity contribution in [2.24, 2.45) is 0 Å². The molecule has 2 nitrogen and oxygen atoms in total. The van der Waals surface area contributed by atoms with E-state index in [1.165, 1.54) is 35.1 Å². The fourth-order valence-electron chi connectivity index (χ4n) is 5.13. The minimum atomic E-state index is -0.378. The van der Waals surface area contributed by atoms with Crippen molar-refractivity contribution in [2.75, 3.05) is 0 Å². The van der Waals surface area contributed by atoms with Gasteiger partial charge in [-0.15, -0.1) is 0 Å². The van der Waals surface area contributed by atoms with Gasteiger partial charge in [-0.1, -0.05) is 134 Å². The molecule has 0 radical (unpaired) electrons. The SMILES string of the molecule is BC(c1ccccc1)c1ccccc1.c1ccc(C([SiH2]C2CC2)(c2ccccc2)n2ccnc2)cc1. The van der Waals surface area contributed by atoms with Crippen LogP contribution in [0.15, 0.2) is 140 Å². The molecule has 4 aromatic carbocycles. The van der Waals surface area contributed by atoms with E-state index >= 15 is 0 Å². The first-order valence-electron chi connectivity index (χ1n) is 13.0. The van der Waals surface area contributed by atoms with Gasteiger partial charge in [0, 0.05) is 12.4 Å². The summed E-state index contributed by atoms with van der Waals surface area (Å²) in [6.45, 7) is 0. The van der Waals surface area contributed by atoms with Crippen LogP contribution in [0.5, 0.6) is 0 Å². The van der Waals surface area contributed by atoms with Gasteiger partial charge in [0.2, 0.25) is 0 Å². The van der Waals surface area contributed by atoms with Gasteiger partial charge in [0.05, 0.1) is 21.0 Å². The van der Waals surface area contributed by atoms with E-state index < -0.39 is 0 Å². The molecule has 0 spiro atoms. The molecule has 0 unspecified atom stereocenters. The van der Waals surface area contributed by atoms with Crippen LogP contribution < -0.4 is 0 Å². The van der Waals surface area contributed by atoms with E-state index in [4.69, 9.17) is 0 Å². The molecule has 0 N–H and O–H groups in total. The quantitative estimate of drug-likeness (QED) is 0.267. The summed E-state index contributed by atoms with van der Waals surface area (Å²) in [4.78, 5) is 4.35. The number of rotatable bonds is 7. The maximum Gasteiger partial charge on any atom is 0.116 e. The Balaban J connectivity index is 0.000000165. The van der Waals surface area contributed by atoms with Gasteiger partial charge in [-0.25, -0.2) is 4.98 Å². The third-order valence-electron chi connectivity index (χ3n) is 7.33. The molecule has 178 valence electrons. The highest BCUT2D eigenvalue weighted by Gasteiger charge is 2.41. The molecule has 1 aliphatic rings. The van der Waals surface area contributed by atoms with Crippen molar-refractivity contribution in [3.63, 3.8) is 0 Å². The first-order valence-corrected chi connectivity index (χ1v) is 14.5. The molecule has 4 heteroatoms. The van der Waals surface area contributed by atoms with Gasteiger partial charge in [-0.3, -0.25) is 0 Å². The maximum absolute atomic E-state index is 4.35. The van der Waals surface area contributed by atoms with E-state index in [1.54, 1.807) is 0 Å². The van der Waals surface area contributed by atoms with Crippen molar-refractivity contribution < 1.29 is 0 Å². The molecule has 0 amide bonds. The highest BCUT2D eigenvalue weighted by atomic mass is 28.2. The molecule has 0 bridgehead atoms. The Morgan fingerprint density at radius 3 is 1.53 bits per heavy atom. The lowest BCUT2D eigenvalue weighted by Crippen LogP contribution is -2.41. The van der Waals surface area contributed by atoms with Crippen molar-refractivity contribution in [3.05, 3.63) is 162 Å². The van der Waals surface area contributed by atoms with Crippen molar-refractivity contribution >= 4 is 17.4 Å². The Morgan fingerprint density at radius 1 is 0.694 bits per heavy atom. The summed E-state index contributed by atoms with van der Waals surface area (Å²) in [6.07, 6.45) is 8.84. The van der Waals surface area contributed by atoms with Crippen LogP contribution in [0, 0.1) is 0 Å². The molecule has 0 saturated heterocycles. The summed E-state index contributed by atoms with van der Waals surface area (Å²) in [5, 5.41) is -0.0137. The van der Waals surface area contributed by atoms with Crippen molar-refractivity contribution in [1.82, 2.24) is 9.55 Å². The lowest BCUT2D eigenvalue weighted by atomic mass is 9.76. The summed E-state index contributed by atoms with van der Waals surface area (Å²) in [5.74, 6) is 0.484. The number of hydrogen-bond donors (Lipinski definition) is 0. The van der Waals surface area contributed by atoms with Gasteiger partial charge in [0.15, 0.2) is 0 Å². The third-order valence-corrected chi connectivity index (χ3v) is 10.5. The Hall–Kier alpha value is -3.63. The first-order chi connectivity index (χ1) is 17.8. The fourth-order valence-corrected chi connectivity index (χ4v) is 7.95. The minimum absolute atomic E-state index is 0.0137. The van der Waals surface area contributed by atoms with Gasteiger partial charge >= 0.3 is 0 Å². The van der Waals surface area contributed by atoms with E-state index in [1.807, 2.05) is 12.5 Å². The van der Waals surface area contributed by atoms with Crippen LogP contribution in [0.1, 0.15) is 40.9 Å². The van der Waals surface area contributed by atoms with Gasteiger partial charge in [-0.05, 0) is 33.6 Å². The van der Waals surface area contributed by atoms with Crippen molar-refractivity contribution in [1.29, 1.82) is 0 Å². The molecule has 36 heavy (non-hydrogen) atoms. The molecule has 1 heterocycles. The molecule has 0 atom stereocenters. The zero-order valence-corrected chi connectivity index (χ0v) is 22.4. The molecule has 1 saturated carbocycles. The lowest BCUT2D eigenvalue weighted by molar-refractivity contribution is 0.590. The van der Waals surface area contributed by atoms with Crippen LogP contribution in [0.4, 0.5) is 0 Å². The van der Waals surface area contributed by atoms with Crippen LogP contribution in [-0.2, 0) is 5.16 Å². The standard InChI is InChI=1S/C19H20N2Si.C13H13B/c1-3-7-16(8-4-1)19(22-18-11-12-18,21-14-13-20-15-21)17-9-5-2-6-10-17;14-13(11-7-3-1-4-8-11)12-9-5-2-6-10-12/h1-10,13-15,18H,11-12,22H2;1-10,13H,14H2. The van der Waals surface area contributed by atoms with E-state index in [-0.39, 0.29) is 14.7 Å². The van der Waals surface area contributed by atoms with Crippen molar-refractivity contribution in [2.45, 2.75) is 29.4 Å². The van der Waals surface area contributed by atoms with Crippen LogP contribution in [-0.4, -0.2) is 26.9 Å². The minimum Gasteiger partial charge on any atom is -0.327 e. The fraction of sp³-hybridized carbons (Fsp3) is 0.156. The molecular formula is C32H33BN2Si. The highest BCUT2D eigenvalue weighted by Crippen LogP contribution is 2.44. The van der Waals surface area contributed by atoms with Crippen LogP contribution >= 0.6 is 0 Å². The molecule has 0 aliphatic heterocycles. The topological polar surface area (TPSA) is 17.8 Å². The Bertz CT molecular complexity index is 1230. The van der Waals surface area contributed by atoms with E-state index in [0.29, 0.717) is 5.82 Å². The van der Waals surface area contributed by atoms with Gasteiger partial charge in [0.1, 0.15) is 7.85 Å².